The van der Waals surface area contributed by atoms with Crippen LogP contribution in [0, 0.1) is 5.82 Å². The molecule has 2 heterocycles. The number of β-amino-alcohol motifs (C(OH)–C–C–N with tert-alkyl or cyclic N) is 1. The SMILES string of the molecule is COc1c(F)cccc1N1CCN(C[C@H](O)CCNC(=O)c2ccc3c(c2)CC(=O)N3C)CC1. The molecule has 0 unspecified atom stereocenters. The Morgan fingerprint density at radius 3 is 2.68 bits per heavy atom. The van der Waals surface area contributed by atoms with Crippen molar-refractivity contribution in [1.82, 2.24) is 10.2 Å². The van der Waals surface area contributed by atoms with Gasteiger partial charge >= 0.3 is 0 Å². The quantitative estimate of drug-likeness (QED) is 0.611. The summed E-state index contributed by atoms with van der Waals surface area (Å²) in [6.45, 7) is 3.77. The number of hydrogen-bond donors (Lipinski definition) is 2. The molecule has 1 saturated heterocycles. The van der Waals surface area contributed by atoms with Crippen LogP contribution in [-0.4, -0.2) is 81.4 Å². The highest BCUT2D eigenvalue weighted by Gasteiger charge is 2.25. The molecule has 0 radical (unpaired) electrons. The number of nitrogens with zero attached hydrogens (tertiary/aromatic N) is 3. The molecule has 0 aromatic heterocycles. The lowest BCUT2D eigenvalue weighted by atomic mass is 10.1. The van der Waals surface area contributed by atoms with Crippen LogP contribution < -0.4 is 19.9 Å². The predicted octanol–water partition coefficient (Wildman–Crippen LogP) is 1.66. The Balaban J connectivity index is 1.20. The van der Waals surface area contributed by atoms with Crippen molar-refractivity contribution in [3.05, 3.63) is 53.3 Å². The lowest BCUT2D eigenvalue weighted by Crippen LogP contribution is -2.49. The highest BCUT2D eigenvalue weighted by Crippen LogP contribution is 2.31. The van der Waals surface area contributed by atoms with E-state index in [0.29, 0.717) is 44.6 Å². The first-order valence-corrected chi connectivity index (χ1v) is 11.5. The number of para-hydroxylation sites is 1. The van der Waals surface area contributed by atoms with Gasteiger partial charge in [0.1, 0.15) is 0 Å². The van der Waals surface area contributed by atoms with E-state index in [1.54, 1.807) is 36.2 Å². The van der Waals surface area contributed by atoms with Gasteiger partial charge in [0.2, 0.25) is 5.91 Å². The summed E-state index contributed by atoms with van der Waals surface area (Å²) in [7, 11) is 3.20. The maximum absolute atomic E-state index is 14.0. The van der Waals surface area contributed by atoms with Crippen molar-refractivity contribution in [1.29, 1.82) is 0 Å². The molecule has 2 aliphatic heterocycles. The van der Waals surface area contributed by atoms with Crippen molar-refractivity contribution >= 4 is 23.2 Å². The van der Waals surface area contributed by atoms with Crippen LogP contribution in [0.5, 0.6) is 5.75 Å². The molecule has 9 heteroatoms. The number of rotatable bonds is 8. The van der Waals surface area contributed by atoms with Crippen LogP contribution in [0.25, 0.3) is 0 Å². The normalized spacial score (nSPS) is 17.0. The summed E-state index contributed by atoms with van der Waals surface area (Å²) in [5, 5.41) is 13.3. The Bertz CT molecular complexity index is 1060. The zero-order valence-corrected chi connectivity index (χ0v) is 19.6. The first kappa shape index (κ1) is 24.0. The van der Waals surface area contributed by atoms with Crippen LogP contribution in [0.3, 0.4) is 0 Å². The fraction of sp³-hybridized carbons (Fsp3) is 0.440. The number of anilines is 2. The second-order valence-electron chi connectivity index (χ2n) is 8.75. The second kappa shape index (κ2) is 10.4. The maximum atomic E-state index is 14.0. The summed E-state index contributed by atoms with van der Waals surface area (Å²) in [4.78, 5) is 30.2. The minimum Gasteiger partial charge on any atom is -0.492 e. The molecule has 1 fully saturated rings. The minimum atomic E-state index is -0.568. The largest absolute Gasteiger partial charge is 0.492 e. The number of carbonyl (C=O) groups excluding carboxylic acids is 2. The van der Waals surface area contributed by atoms with E-state index in [2.05, 4.69) is 15.1 Å². The number of fused-ring (bicyclic) bond motifs is 1. The van der Waals surface area contributed by atoms with E-state index in [1.807, 2.05) is 6.07 Å². The Morgan fingerprint density at radius 2 is 1.94 bits per heavy atom. The molecule has 34 heavy (non-hydrogen) atoms. The molecular formula is C25H31FN4O4. The number of methoxy groups -OCH3 is 1. The van der Waals surface area contributed by atoms with Gasteiger partial charge in [-0.2, -0.15) is 0 Å². The topological polar surface area (TPSA) is 85.3 Å². The second-order valence-corrected chi connectivity index (χ2v) is 8.75. The molecule has 2 aliphatic rings. The van der Waals surface area contributed by atoms with E-state index < -0.39 is 6.10 Å². The Labute approximate surface area is 198 Å². The van der Waals surface area contributed by atoms with Gasteiger partial charge in [-0.1, -0.05) is 6.07 Å². The number of amides is 2. The van der Waals surface area contributed by atoms with E-state index in [4.69, 9.17) is 4.74 Å². The third kappa shape index (κ3) is 5.15. The number of carbonyl (C=O) groups is 2. The van der Waals surface area contributed by atoms with Crippen molar-refractivity contribution in [3.8, 4) is 5.75 Å². The van der Waals surface area contributed by atoms with Crippen LogP contribution in [0.15, 0.2) is 36.4 Å². The van der Waals surface area contributed by atoms with Crippen LogP contribution in [0.1, 0.15) is 22.3 Å². The van der Waals surface area contributed by atoms with Gasteiger partial charge in [0.15, 0.2) is 11.6 Å². The number of hydrogen-bond acceptors (Lipinski definition) is 6. The molecule has 0 aliphatic carbocycles. The van der Waals surface area contributed by atoms with Crippen LogP contribution in [-0.2, 0) is 11.2 Å². The molecule has 4 rings (SSSR count). The number of halogens is 1. The fourth-order valence-corrected chi connectivity index (χ4v) is 4.58. The number of nitrogens with one attached hydrogen (secondary N) is 1. The zero-order chi connectivity index (χ0) is 24.2. The van der Waals surface area contributed by atoms with Crippen molar-refractivity contribution in [2.75, 3.05) is 63.2 Å². The Kier molecular flexibility index (Phi) is 7.33. The van der Waals surface area contributed by atoms with E-state index in [0.717, 1.165) is 30.0 Å². The standard InChI is InChI=1S/C25H31FN4O4/c1-28-21-7-6-17(14-18(21)15-23(28)32)25(33)27-9-8-19(31)16-29-10-12-30(13-11-29)22-5-3-4-20(26)24(22)34-2/h3-7,14,19,31H,8-13,15-16H2,1-2H3,(H,27,33)/t19-/m1/s1. The highest BCUT2D eigenvalue weighted by atomic mass is 19.1. The Morgan fingerprint density at radius 1 is 1.18 bits per heavy atom. The Hall–Kier alpha value is -3.17. The van der Waals surface area contributed by atoms with Gasteiger partial charge < -0.3 is 25.0 Å². The predicted molar refractivity (Wildman–Crippen MR) is 128 cm³/mol. The van der Waals surface area contributed by atoms with E-state index in [-0.39, 0.29) is 23.4 Å². The lowest BCUT2D eigenvalue weighted by Gasteiger charge is -2.37. The van der Waals surface area contributed by atoms with E-state index in [9.17, 15) is 19.1 Å². The van der Waals surface area contributed by atoms with Crippen LogP contribution in [0.2, 0.25) is 0 Å². The molecule has 182 valence electrons. The maximum Gasteiger partial charge on any atom is 0.251 e. The highest BCUT2D eigenvalue weighted by molar-refractivity contribution is 6.03. The summed E-state index contributed by atoms with van der Waals surface area (Å²) < 4.78 is 19.2. The average molecular weight is 471 g/mol. The third-order valence-corrected chi connectivity index (χ3v) is 6.51. The average Bonchev–Trinajstić information content (AvgIpc) is 3.12. The fourth-order valence-electron chi connectivity index (χ4n) is 4.58. The monoisotopic (exact) mass is 470 g/mol. The zero-order valence-electron chi connectivity index (χ0n) is 19.6. The number of aliphatic hydroxyl groups is 1. The van der Waals surface area contributed by atoms with Gasteiger partial charge in [0, 0.05) is 57.6 Å². The first-order valence-electron chi connectivity index (χ1n) is 11.5. The van der Waals surface area contributed by atoms with Gasteiger partial charge in [-0.25, -0.2) is 4.39 Å². The molecule has 0 spiro atoms. The summed E-state index contributed by atoms with van der Waals surface area (Å²) in [5.41, 5.74) is 2.95. The summed E-state index contributed by atoms with van der Waals surface area (Å²) in [5.74, 6) is -0.310. The van der Waals surface area contributed by atoms with Gasteiger partial charge in [-0.15, -0.1) is 0 Å². The molecular weight excluding hydrogens is 439 g/mol. The molecule has 2 N–H and O–H groups in total. The van der Waals surface area contributed by atoms with Gasteiger partial charge in [-0.3, -0.25) is 14.5 Å². The molecule has 0 saturated carbocycles. The smallest absolute Gasteiger partial charge is 0.251 e. The van der Waals surface area contributed by atoms with Gasteiger partial charge in [-0.05, 0) is 42.3 Å². The van der Waals surface area contributed by atoms with Crippen molar-refractivity contribution in [3.63, 3.8) is 0 Å². The number of ether oxygens (including phenoxy) is 1. The summed E-state index contributed by atoms with van der Waals surface area (Å²) in [6, 6.07) is 10.2. The van der Waals surface area contributed by atoms with E-state index in [1.165, 1.54) is 13.2 Å². The number of benzene rings is 2. The number of aliphatic hydroxyl groups excluding tert-OH is 1. The lowest BCUT2D eigenvalue weighted by molar-refractivity contribution is -0.117. The minimum absolute atomic E-state index is 0.0200. The van der Waals surface area contributed by atoms with Crippen LogP contribution in [0.4, 0.5) is 15.8 Å². The molecule has 2 amide bonds. The molecule has 1 atom stereocenters. The van der Waals surface area contributed by atoms with Crippen molar-refractivity contribution in [2.45, 2.75) is 18.9 Å². The first-order chi connectivity index (χ1) is 16.4. The molecule has 0 bridgehead atoms. The van der Waals surface area contributed by atoms with Crippen molar-refractivity contribution < 1.29 is 23.8 Å². The molecule has 2 aromatic carbocycles. The summed E-state index contributed by atoms with van der Waals surface area (Å²) >= 11 is 0. The van der Waals surface area contributed by atoms with Gasteiger partial charge in [0.25, 0.3) is 5.91 Å². The summed E-state index contributed by atoms with van der Waals surface area (Å²) in [6.07, 6.45) is 0.183. The van der Waals surface area contributed by atoms with Gasteiger partial charge in [0.05, 0.1) is 25.3 Å². The molecule has 2 aromatic rings. The van der Waals surface area contributed by atoms with E-state index >= 15 is 0 Å². The van der Waals surface area contributed by atoms with Crippen LogP contribution >= 0.6 is 0 Å². The van der Waals surface area contributed by atoms with Crippen molar-refractivity contribution in [2.24, 2.45) is 0 Å². The molecule has 8 nitrogen and oxygen atoms in total. The number of likely N-dealkylation sites (N-methyl/N-ethyl adjacent to an activating group) is 1. The third-order valence-electron chi connectivity index (χ3n) is 6.51. The number of piperazine rings is 1.